The van der Waals surface area contributed by atoms with E-state index in [-0.39, 0.29) is 10.7 Å². The van der Waals surface area contributed by atoms with E-state index >= 15 is 0 Å². The third-order valence-corrected chi connectivity index (χ3v) is 3.62. The average molecular weight is 341 g/mol. The van der Waals surface area contributed by atoms with Crippen molar-refractivity contribution in [2.45, 2.75) is 26.0 Å². The Kier molecular flexibility index (Phi) is 5.28. The molecular weight excluding hydrogens is 326 g/mol. The smallest absolute Gasteiger partial charge is 0.253 e. The predicted octanol–water partition coefficient (Wildman–Crippen LogP) is 3.17. The SMILES string of the molecule is Cc1nc(Cl)ccc1C(=O)NC(C)C(O)c1ccc(F)c(F)c1. The van der Waals surface area contributed by atoms with E-state index in [9.17, 15) is 18.7 Å². The van der Waals surface area contributed by atoms with E-state index in [4.69, 9.17) is 11.6 Å². The molecule has 122 valence electrons. The van der Waals surface area contributed by atoms with Gasteiger partial charge in [0, 0.05) is 0 Å². The Hall–Kier alpha value is -2.05. The van der Waals surface area contributed by atoms with Crippen LogP contribution in [-0.4, -0.2) is 22.0 Å². The molecule has 0 saturated carbocycles. The maximum Gasteiger partial charge on any atom is 0.253 e. The van der Waals surface area contributed by atoms with Gasteiger partial charge in [-0.3, -0.25) is 4.79 Å². The van der Waals surface area contributed by atoms with Crippen LogP contribution in [0.5, 0.6) is 0 Å². The van der Waals surface area contributed by atoms with Gasteiger partial charge in [-0.2, -0.15) is 0 Å². The van der Waals surface area contributed by atoms with E-state index in [1.165, 1.54) is 18.2 Å². The van der Waals surface area contributed by atoms with Crippen LogP contribution < -0.4 is 5.32 Å². The lowest BCUT2D eigenvalue weighted by molar-refractivity contribution is 0.0850. The van der Waals surface area contributed by atoms with E-state index in [1.807, 2.05) is 0 Å². The number of benzene rings is 1. The summed E-state index contributed by atoms with van der Waals surface area (Å²) in [6.45, 7) is 3.19. The average Bonchev–Trinajstić information content (AvgIpc) is 2.49. The van der Waals surface area contributed by atoms with Gasteiger partial charge in [0.05, 0.1) is 23.4 Å². The van der Waals surface area contributed by atoms with Crippen LogP contribution in [0.4, 0.5) is 8.78 Å². The number of rotatable bonds is 4. The van der Waals surface area contributed by atoms with Gasteiger partial charge in [-0.25, -0.2) is 13.8 Å². The lowest BCUT2D eigenvalue weighted by atomic mass is 10.0. The number of nitrogens with zero attached hydrogens (tertiary/aromatic N) is 1. The first-order valence-electron chi connectivity index (χ1n) is 6.86. The Balaban J connectivity index is 2.12. The van der Waals surface area contributed by atoms with E-state index in [2.05, 4.69) is 10.3 Å². The highest BCUT2D eigenvalue weighted by Gasteiger charge is 2.21. The minimum Gasteiger partial charge on any atom is -0.386 e. The molecule has 0 aliphatic carbocycles. The number of carbonyl (C=O) groups is 1. The maximum atomic E-state index is 13.2. The molecule has 2 unspecified atom stereocenters. The maximum absolute atomic E-state index is 13.2. The molecule has 1 heterocycles. The summed E-state index contributed by atoms with van der Waals surface area (Å²) in [6.07, 6.45) is -1.19. The summed E-state index contributed by atoms with van der Waals surface area (Å²) >= 11 is 5.74. The van der Waals surface area contributed by atoms with Gasteiger partial charge in [0.25, 0.3) is 5.91 Å². The number of pyridine rings is 1. The van der Waals surface area contributed by atoms with Gasteiger partial charge in [-0.1, -0.05) is 17.7 Å². The van der Waals surface area contributed by atoms with Crippen molar-refractivity contribution in [1.82, 2.24) is 10.3 Å². The molecule has 0 fully saturated rings. The van der Waals surface area contributed by atoms with Crippen molar-refractivity contribution in [3.05, 3.63) is 63.9 Å². The molecule has 7 heteroatoms. The van der Waals surface area contributed by atoms with Crippen molar-refractivity contribution in [2.75, 3.05) is 0 Å². The molecule has 1 amide bonds. The fraction of sp³-hybridized carbons (Fsp3) is 0.250. The number of aliphatic hydroxyl groups is 1. The van der Waals surface area contributed by atoms with Crippen molar-refractivity contribution in [1.29, 1.82) is 0 Å². The van der Waals surface area contributed by atoms with Crippen LogP contribution in [0.1, 0.15) is 34.6 Å². The van der Waals surface area contributed by atoms with Crippen LogP contribution in [-0.2, 0) is 0 Å². The third-order valence-electron chi connectivity index (χ3n) is 3.41. The van der Waals surface area contributed by atoms with Gasteiger partial charge in [0.15, 0.2) is 11.6 Å². The number of hydrogen-bond donors (Lipinski definition) is 2. The highest BCUT2D eigenvalue weighted by molar-refractivity contribution is 6.29. The molecule has 2 N–H and O–H groups in total. The van der Waals surface area contributed by atoms with E-state index in [0.29, 0.717) is 11.3 Å². The van der Waals surface area contributed by atoms with Crippen molar-refractivity contribution in [2.24, 2.45) is 0 Å². The van der Waals surface area contributed by atoms with Crippen molar-refractivity contribution < 1.29 is 18.7 Å². The van der Waals surface area contributed by atoms with Crippen LogP contribution in [0.25, 0.3) is 0 Å². The first-order chi connectivity index (χ1) is 10.8. The molecular formula is C16H15ClF2N2O2. The fourth-order valence-electron chi connectivity index (χ4n) is 2.12. The fourth-order valence-corrected chi connectivity index (χ4v) is 2.31. The van der Waals surface area contributed by atoms with Crippen LogP contribution >= 0.6 is 11.6 Å². The molecule has 4 nitrogen and oxygen atoms in total. The number of aliphatic hydroxyl groups excluding tert-OH is 1. The van der Waals surface area contributed by atoms with Crippen molar-refractivity contribution in [3.63, 3.8) is 0 Å². The number of hydrogen-bond acceptors (Lipinski definition) is 3. The number of nitrogens with one attached hydrogen (secondary N) is 1. The van der Waals surface area contributed by atoms with Crippen LogP contribution in [0.2, 0.25) is 5.15 Å². The quantitative estimate of drug-likeness (QED) is 0.840. The van der Waals surface area contributed by atoms with Gasteiger partial charge in [0.1, 0.15) is 5.15 Å². The van der Waals surface area contributed by atoms with Gasteiger partial charge in [-0.15, -0.1) is 0 Å². The topological polar surface area (TPSA) is 62.2 Å². The Labute approximate surface area is 137 Å². The minimum absolute atomic E-state index is 0.169. The second-order valence-electron chi connectivity index (χ2n) is 5.15. The van der Waals surface area contributed by atoms with Gasteiger partial charge < -0.3 is 10.4 Å². The normalized spacial score (nSPS) is 13.5. The molecule has 2 atom stereocenters. The zero-order valence-electron chi connectivity index (χ0n) is 12.5. The van der Waals surface area contributed by atoms with Crippen molar-refractivity contribution >= 4 is 17.5 Å². The summed E-state index contributed by atoms with van der Waals surface area (Å²) in [4.78, 5) is 16.2. The number of aromatic nitrogens is 1. The standard InChI is InChI=1S/C16H15ClF2N2O2/c1-8-11(4-6-14(17)20-8)16(23)21-9(2)15(22)10-3-5-12(18)13(19)7-10/h3-7,9,15,22H,1-2H3,(H,21,23). The zero-order chi connectivity index (χ0) is 17.1. The molecule has 1 aromatic heterocycles. The Morgan fingerprint density at radius 1 is 1.26 bits per heavy atom. The van der Waals surface area contributed by atoms with Crippen molar-refractivity contribution in [3.8, 4) is 0 Å². The summed E-state index contributed by atoms with van der Waals surface area (Å²) in [6, 6.07) is 5.38. The van der Waals surface area contributed by atoms with E-state index in [0.717, 1.165) is 12.1 Å². The summed E-state index contributed by atoms with van der Waals surface area (Å²) in [5, 5.41) is 13.0. The Morgan fingerprint density at radius 3 is 2.57 bits per heavy atom. The van der Waals surface area contributed by atoms with Gasteiger partial charge in [-0.05, 0) is 43.7 Å². The van der Waals surface area contributed by atoms with Gasteiger partial charge in [0.2, 0.25) is 0 Å². The molecule has 0 aliphatic rings. The number of halogens is 3. The second kappa shape index (κ2) is 7.02. The van der Waals surface area contributed by atoms with Gasteiger partial charge >= 0.3 is 0 Å². The first kappa shape index (κ1) is 17.3. The van der Waals surface area contributed by atoms with Crippen LogP contribution in [0.15, 0.2) is 30.3 Å². The zero-order valence-corrected chi connectivity index (χ0v) is 13.2. The molecule has 0 bridgehead atoms. The lowest BCUT2D eigenvalue weighted by Crippen LogP contribution is -2.37. The van der Waals surface area contributed by atoms with Crippen LogP contribution in [0.3, 0.4) is 0 Å². The molecule has 2 aromatic rings. The first-order valence-corrected chi connectivity index (χ1v) is 7.24. The van der Waals surface area contributed by atoms with E-state index in [1.54, 1.807) is 13.8 Å². The van der Waals surface area contributed by atoms with E-state index < -0.39 is 29.7 Å². The molecule has 0 saturated heterocycles. The predicted molar refractivity (Wildman–Crippen MR) is 82.2 cm³/mol. The number of carbonyl (C=O) groups excluding carboxylic acids is 1. The summed E-state index contributed by atoms with van der Waals surface area (Å²) < 4.78 is 26.2. The summed E-state index contributed by atoms with van der Waals surface area (Å²) in [5.41, 5.74) is 0.936. The second-order valence-corrected chi connectivity index (χ2v) is 5.53. The minimum atomic E-state index is -1.19. The molecule has 0 spiro atoms. The lowest BCUT2D eigenvalue weighted by Gasteiger charge is -2.21. The monoisotopic (exact) mass is 340 g/mol. The largest absolute Gasteiger partial charge is 0.386 e. The number of aryl methyl sites for hydroxylation is 1. The Morgan fingerprint density at radius 2 is 1.96 bits per heavy atom. The molecule has 23 heavy (non-hydrogen) atoms. The number of amides is 1. The Bertz CT molecular complexity index is 740. The molecule has 0 radical (unpaired) electrons. The highest BCUT2D eigenvalue weighted by Crippen LogP contribution is 2.20. The third kappa shape index (κ3) is 4.03. The highest BCUT2D eigenvalue weighted by atomic mass is 35.5. The van der Waals surface area contributed by atoms with Crippen LogP contribution in [0, 0.1) is 18.6 Å². The molecule has 0 aliphatic heterocycles. The molecule has 1 aromatic carbocycles. The summed E-state index contributed by atoms with van der Waals surface area (Å²) in [5.74, 6) is -2.50. The molecule has 2 rings (SSSR count). The summed E-state index contributed by atoms with van der Waals surface area (Å²) in [7, 11) is 0.